The quantitative estimate of drug-likeness (QED) is 0.666. The van der Waals surface area contributed by atoms with Gasteiger partial charge in [-0.15, -0.1) is 11.6 Å². The highest BCUT2D eigenvalue weighted by Crippen LogP contribution is 2.12. The van der Waals surface area contributed by atoms with Gasteiger partial charge in [-0.2, -0.15) is 0 Å². The third-order valence-corrected chi connectivity index (χ3v) is 4.02. The molecule has 0 unspecified atom stereocenters. The van der Waals surface area contributed by atoms with Crippen LogP contribution in [0.2, 0.25) is 0 Å². The van der Waals surface area contributed by atoms with Crippen LogP contribution in [0.15, 0.2) is 0 Å². The number of hydrogen-bond acceptors (Lipinski definition) is 4. The number of alkyl carbamates (subject to hydrolysis) is 1. The molecule has 1 aliphatic rings. The molecule has 1 heterocycles. The van der Waals surface area contributed by atoms with Crippen LogP contribution in [0.5, 0.6) is 0 Å². The lowest BCUT2D eigenvalue weighted by atomic mass is 10.0. The summed E-state index contributed by atoms with van der Waals surface area (Å²) in [6.07, 6.45) is 2.35. The summed E-state index contributed by atoms with van der Waals surface area (Å²) in [4.78, 5) is 37.2. The van der Waals surface area contributed by atoms with Gasteiger partial charge in [-0.25, -0.2) is 4.79 Å². The van der Waals surface area contributed by atoms with Crippen molar-refractivity contribution >= 4 is 29.5 Å². The zero-order chi connectivity index (χ0) is 18.9. The zero-order valence-corrected chi connectivity index (χ0v) is 16.2. The highest BCUT2D eigenvalue weighted by atomic mass is 35.5. The summed E-state index contributed by atoms with van der Waals surface area (Å²) in [5, 5.41) is 5.52. The summed E-state index contributed by atoms with van der Waals surface area (Å²) in [5.74, 6) is 0.519. The molecule has 0 aromatic carbocycles. The molecule has 1 rings (SSSR count). The summed E-state index contributed by atoms with van der Waals surface area (Å²) in [7, 11) is 0. The van der Waals surface area contributed by atoms with E-state index >= 15 is 0 Å². The van der Waals surface area contributed by atoms with Crippen molar-refractivity contribution in [3.63, 3.8) is 0 Å². The third kappa shape index (κ3) is 9.53. The lowest BCUT2D eigenvalue weighted by Crippen LogP contribution is -2.47. The van der Waals surface area contributed by atoms with Gasteiger partial charge in [-0.1, -0.05) is 0 Å². The number of carbonyl (C=O) groups is 3. The summed E-state index contributed by atoms with van der Waals surface area (Å²) >= 11 is 5.61. The monoisotopic (exact) mass is 375 g/mol. The predicted molar refractivity (Wildman–Crippen MR) is 96.6 cm³/mol. The Bertz CT molecular complexity index is 457. The molecule has 0 spiro atoms. The van der Waals surface area contributed by atoms with Crippen LogP contribution in [0.4, 0.5) is 4.79 Å². The largest absolute Gasteiger partial charge is 0.444 e. The van der Waals surface area contributed by atoms with Gasteiger partial charge in [0.2, 0.25) is 11.8 Å². The molecule has 0 radical (unpaired) electrons. The first kappa shape index (κ1) is 21.5. The minimum Gasteiger partial charge on any atom is -0.444 e. The molecule has 144 valence electrons. The van der Waals surface area contributed by atoms with Gasteiger partial charge in [0.25, 0.3) is 0 Å². The van der Waals surface area contributed by atoms with Gasteiger partial charge in [0, 0.05) is 44.4 Å². The Kier molecular flexibility index (Phi) is 9.03. The highest BCUT2D eigenvalue weighted by Gasteiger charge is 2.23. The van der Waals surface area contributed by atoms with Crippen LogP contribution in [-0.2, 0) is 14.3 Å². The number of nitrogens with one attached hydrogen (secondary N) is 2. The highest BCUT2D eigenvalue weighted by molar-refractivity contribution is 6.17. The summed E-state index contributed by atoms with van der Waals surface area (Å²) in [6, 6.07) is 0.0751. The topological polar surface area (TPSA) is 87.7 Å². The van der Waals surface area contributed by atoms with Crippen molar-refractivity contribution in [2.75, 3.05) is 25.5 Å². The van der Waals surface area contributed by atoms with Crippen LogP contribution in [0.3, 0.4) is 0 Å². The van der Waals surface area contributed by atoms with Crippen LogP contribution in [-0.4, -0.2) is 60.0 Å². The Morgan fingerprint density at radius 2 is 1.80 bits per heavy atom. The average Bonchev–Trinajstić information content (AvgIpc) is 2.51. The molecule has 1 aliphatic heterocycles. The molecular formula is C17H30ClN3O4. The van der Waals surface area contributed by atoms with E-state index in [1.54, 1.807) is 20.8 Å². The number of hydrogen-bond donors (Lipinski definition) is 2. The van der Waals surface area contributed by atoms with Gasteiger partial charge in [0.1, 0.15) is 5.60 Å². The average molecular weight is 376 g/mol. The minimum atomic E-state index is -0.554. The predicted octanol–water partition coefficient (Wildman–Crippen LogP) is 2.03. The molecular weight excluding hydrogens is 346 g/mol. The van der Waals surface area contributed by atoms with Gasteiger partial charge in [0.05, 0.1) is 0 Å². The first-order valence-electron chi connectivity index (χ1n) is 8.81. The maximum atomic E-state index is 11.9. The third-order valence-electron chi connectivity index (χ3n) is 3.76. The van der Waals surface area contributed by atoms with Crippen molar-refractivity contribution in [2.45, 2.75) is 64.5 Å². The van der Waals surface area contributed by atoms with Crippen LogP contribution in [0.1, 0.15) is 52.9 Å². The molecule has 0 aliphatic carbocycles. The number of ether oxygens (including phenoxy) is 1. The van der Waals surface area contributed by atoms with E-state index in [1.807, 2.05) is 4.90 Å². The van der Waals surface area contributed by atoms with Gasteiger partial charge in [-0.05, 0) is 40.0 Å². The molecule has 8 heteroatoms. The molecule has 7 nitrogen and oxygen atoms in total. The van der Waals surface area contributed by atoms with Crippen molar-refractivity contribution < 1.29 is 19.1 Å². The lowest BCUT2D eigenvalue weighted by Gasteiger charge is -2.32. The fraction of sp³-hybridized carbons (Fsp3) is 0.824. The summed E-state index contributed by atoms with van der Waals surface area (Å²) < 4.78 is 5.10. The molecule has 1 saturated heterocycles. The second-order valence-corrected chi connectivity index (χ2v) is 7.57. The van der Waals surface area contributed by atoms with Crippen molar-refractivity contribution in [1.29, 1.82) is 0 Å². The first-order chi connectivity index (χ1) is 11.7. The molecule has 25 heavy (non-hydrogen) atoms. The number of rotatable bonds is 7. The normalized spacial score (nSPS) is 15.6. The SMILES string of the molecule is CC(C)(C)OC(=O)NCCC(=O)NC1CCN(C(=O)CCCCl)CC1. The van der Waals surface area contributed by atoms with E-state index in [2.05, 4.69) is 10.6 Å². The molecule has 0 aromatic rings. The fourth-order valence-electron chi connectivity index (χ4n) is 2.54. The van der Waals surface area contributed by atoms with E-state index in [4.69, 9.17) is 16.3 Å². The first-order valence-corrected chi connectivity index (χ1v) is 9.34. The van der Waals surface area contributed by atoms with E-state index in [-0.39, 0.29) is 30.8 Å². The van der Waals surface area contributed by atoms with Crippen molar-refractivity contribution in [3.8, 4) is 0 Å². The zero-order valence-electron chi connectivity index (χ0n) is 15.4. The number of amides is 3. The minimum absolute atomic E-state index is 0.0751. The van der Waals surface area contributed by atoms with E-state index in [0.29, 0.717) is 31.8 Å². The molecule has 0 aromatic heterocycles. The van der Waals surface area contributed by atoms with Crippen molar-refractivity contribution in [2.24, 2.45) is 0 Å². The number of alkyl halides is 1. The number of carbonyl (C=O) groups excluding carboxylic acids is 3. The van der Waals surface area contributed by atoms with Crippen LogP contribution in [0.25, 0.3) is 0 Å². The van der Waals surface area contributed by atoms with Gasteiger partial charge in [-0.3, -0.25) is 9.59 Å². The van der Waals surface area contributed by atoms with Crippen LogP contribution >= 0.6 is 11.6 Å². The van der Waals surface area contributed by atoms with E-state index < -0.39 is 11.7 Å². The Hall–Kier alpha value is -1.50. The second kappa shape index (κ2) is 10.5. The van der Waals surface area contributed by atoms with Gasteiger partial charge >= 0.3 is 6.09 Å². The van der Waals surface area contributed by atoms with E-state index in [1.165, 1.54) is 0 Å². The Morgan fingerprint density at radius 1 is 1.16 bits per heavy atom. The summed E-state index contributed by atoms with van der Waals surface area (Å²) in [5.41, 5.74) is -0.554. The number of halogens is 1. The van der Waals surface area contributed by atoms with Gasteiger partial charge < -0.3 is 20.3 Å². The van der Waals surface area contributed by atoms with Crippen molar-refractivity contribution in [3.05, 3.63) is 0 Å². The maximum absolute atomic E-state index is 11.9. The van der Waals surface area contributed by atoms with Crippen LogP contribution in [0, 0.1) is 0 Å². The number of likely N-dealkylation sites (tertiary alicyclic amines) is 1. The molecule has 2 N–H and O–H groups in total. The molecule has 0 saturated carbocycles. The fourth-order valence-corrected chi connectivity index (χ4v) is 2.68. The maximum Gasteiger partial charge on any atom is 0.407 e. The summed E-state index contributed by atoms with van der Waals surface area (Å²) in [6.45, 7) is 6.89. The Morgan fingerprint density at radius 3 is 2.36 bits per heavy atom. The molecule has 0 bridgehead atoms. The van der Waals surface area contributed by atoms with Crippen molar-refractivity contribution in [1.82, 2.24) is 15.5 Å². The van der Waals surface area contributed by atoms with Gasteiger partial charge in [0.15, 0.2) is 0 Å². The Labute approximate surface area is 154 Å². The lowest BCUT2D eigenvalue weighted by molar-refractivity contribution is -0.132. The van der Waals surface area contributed by atoms with E-state index in [9.17, 15) is 14.4 Å². The second-order valence-electron chi connectivity index (χ2n) is 7.19. The molecule has 1 fully saturated rings. The molecule has 3 amide bonds. The van der Waals surface area contributed by atoms with Crippen LogP contribution < -0.4 is 10.6 Å². The number of piperidine rings is 1. The molecule has 0 atom stereocenters. The number of nitrogens with zero attached hydrogens (tertiary/aromatic N) is 1. The van der Waals surface area contributed by atoms with E-state index in [0.717, 1.165) is 12.8 Å². The Balaban J connectivity index is 2.18. The smallest absolute Gasteiger partial charge is 0.407 e. The standard InChI is InChI=1S/C17H30ClN3O4/c1-17(2,3)25-16(24)19-10-6-14(22)20-13-7-11-21(12-8-13)15(23)5-4-9-18/h13H,4-12H2,1-3H3,(H,19,24)(H,20,22).